The molecule has 2 aromatic heterocycles. The number of carbonyl (C=O) groups is 1. The summed E-state index contributed by atoms with van der Waals surface area (Å²) in [6.07, 6.45) is 5.27. The van der Waals surface area contributed by atoms with Gasteiger partial charge in [0.1, 0.15) is 0 Å². The van der Waals surface area contributed by atoms with Crippen LogP contribution in [0.5, 0.6) is 0 Å². The molecule has 0 atom stereocenters. The fourth-order valence-electron chi connectivity index (χ4n) is 2.24. The number of thiazole rings is 1. The van der Waals surface area contributed by atoms with E-state index in [1.54, 1.807) is 12.3 Å². The van der Waals surface area contributed by atoms with E-state index in [9.17, 15) is 4.79 Å². The summed E-state index contributed by atoms with van der Waals surface area (Å²) in [6, 6.07) is 1.66. The zero-order valence-corrected chi connectivity index (χ0v) is 10.7. The van der Waals surface area contributed by atoms with Gasteiger partial charge in [0, 0.05) is 19.3 Å². The van der Waals surface area contributed by atoms with Crippen LogP contribution in [0, 0.1) is 0 Å². The summed E-state index contributed by atoms with van der Waals surface area (Å²) in [5.74, 6) is -0.420. The first-order valence-corrected chi connectivity index (χ1v) is 6.87. The molecule has 18 heavy (non-hydrogen) atoms. The number of amides is 1. The quantitative estimate of drug-likeness (QED) is 0.895. The Bertz CT molecular complexity index is 589. The Kier molecular flexibility index (Phi) is 2.87. The van der Waals surface area contributed by atoms with Gasteiger partial charge in [0.05, 0.1) is 10.3 Å². The largest absolute Gasteiger partial charge is 0.366 e. The van der Waals surface area contributed by atoms with Gasteiger partial charge in [0.25, 0.3) is 0 Å². The standard InChI is InChI=1S/C12H14N4OS/c13-10(17)8-4-5-14-11-9(8)18-12(15-11)16-6-2-1-3-7-16/h4-5H,1-3,6-7H2,(H2,13,17). The predicted molar refractivity (Wildman–Crippen MR) is 72.0 cm³/mol. The third-order valence-electron chi connectivity index (χ3n) is 3.17. The third kappa shape index (κ3) is 1.92. The molecule has 1 aliphatic heterocycles. The second-order valence-corrected chi connectivity index (χ2v) is 5.40. The van der Waals surface area contributed by atoms with Gasteiger partial charge >= 0.3 is 0 Å². The lowest BCUT2D eigenvalue weighted by molar-refractivity contribution is 0.100. The number of fused-ring (bicyclic) bond motifs is 1. The topological polar surface area (TPSA) is 72.1 Å². The zero-order valence-electron chi connectivity index (χ0n) is 9.93. The average Bonchev–Trinajstić information content (AvgIpc) is 2.83. The van der Waals surface area contributed by atoms with Crippen LogP contribution in [0.4, 0.5) is 5.13 Å². The molecule has 0 bridgehead atoms. The maximum absolute atomic E-state index is 11.4. The minimum absolute atomic E-state index is 0.420. The van der Waals surface area contributed by atoms with Crippen molar-refractivity contribution in [1.29, 1.82) is 0 Å². The summed E-state index contributed by atoms with van der Waals surface area (Å²) in [7, 11) is 0. The van der Waals surface area contributed by atoms with Crippen molar-refractivity contribution < 1.29 is 4.79 Å². The molecule has 3 rings (SSSR count). The van der Waals surface area contributed by atoms with Crippen molar-refractivity contribution >= 4 is 32.7 Å². The highest BCUT2D eigenvalue weighted by molar-refractivity contribution is 7.22. The Morgan fingerprint density at radius 3 is 2.83 bits per heavy atom. The van der Waals surface area contributed by atoms with Crippen molar-refractivity contribution in [2.75, 3.05) is 18.0 Å². The van der Waals surface area contributed by atoms with E-state index >= 15 is 0 Å². The number of aromatic nitrogens is 2. The Morgan fingerprint density at radius 1 is 1.33 bits per heavy atom. The van der Waals surface area contributed by atoms with Crippen LogP contribution in [0.2, 0.25) is 0 Å². The van der Waals surface area contributed by atoms with Crippen molar-refractivity contribution in [3.8, 4) is 0 Å². The van der Waals surface area contributed by atoms with Gasteiger partial charge in [-0.05, 0) is 25.3 Å². The number of piperidine rings is 1. The first-order valence-electron chi connectivity index (χ1n) is 6.06. The summed E-state index contributed by atoms with van der Waals surface area (Å²) >= 11 is 1.51. The van der Waals surface area contributed by atoms with Gasteiger partial charge in [-0.3, -0.25) is 4.79 Å². The number of hydrogen-bond donors (Lipinski definition) is 1. The zero-order chi connectivity index (χ0) is 12.5. The molecule has 0 aromatic carbocycles. The second kappa shape index (κ2) is 4.53. The van der Waals surface area contributed by atoms with Crippen LogP contribution in [-0.4, -0.2) is 29.0 Å². The van der Waals surface area contributed by atoms with E-state index in [1.807, 2.05) is 0 Å². The molecule has 1 amide bonds. The van der Waals surface area contributed by atoms with E-state index < -0.39 is 5.91 Å². The maximum atomic E-state index is 11.4. The number of rotatable bonds is 2. The Balaban J connectivity index is 2.04. The van der Waals surface area contributed by atoms with Crippen molar-refractivity contribution in [1.82, 2.24) is 9.97 Å². The molecule has 1 saturated heterocycles. The number of carbonyl (C=O) groups excluding carboxylic acids is 1. The van der Waals surface area contributed by atoms with E-state index in [0.29, 0.717) is 11.2 Å². The molecule has 0 unspecified atom stereocenters. The van der Waals surface area contributed by atoms with Gasteiger partial charge in [-0.15, -0.1) is 0 Å². The lowest BCUT2D eigenvalue weighted by Gasteiger charge is -2.25. The van der Waals surface area contributed by atoms with Gasteiger partial charge < -0.3 is 10.6 Å². The minimum atomic E-state index is -0.420. The molecule has 3 heterocycles. The maximum Gasteiger partial charge on any atom is 0.250 e. The summed E-state index contributed by atoms with van der Waals surface area (Å²) in [5.41, 5.74) is 6.50. The van der Waals surface area contributed by atoms with Crippen molar-refractivity contribution in [2.24, 2.45) is 5.73 Å². The van der Waals surface area contributed by atoms with E-state index in [1.165, 1.54) is 30.6 Å². The fraction of sp³-hybridized carbons (Fsp3) is 0.417. The monoisotopic (exact) mass is 262 g/mol. The summed E-state index contributed by atoms with van der Waals surface area (Å²) in [6.45, 7) is 2.07. The van der Waals surface area contributed by atoms with Crippen LogP contribution >= 0.6 is 11.3 Å². The molecule has 2 aromatic rings. The van der Waals surface area contributed by atoms with Crippen molar-refractivity contribution in [3.63, 3.8) is 0 Å². The number of hydrogen-bond acceptors (Lipinski definition) is 5. The molecule has 0 radical (unpaired) electrons. The molecule has 1 aliphatic rings. The van der Waals surface area contributed by atoms with Crippen molar-refractivity contribution in [3.05, 3.63) is 17.8 Å². The first kappa shape index (κ1) is 11.4. The molecule has 5 nitrogen and oxygen atoms in total. The van der Waals surface area contributed by atoms with Gasteiger partial charge in [-0.2, -0.15) is 4.98 Å². The van der Waals surface area contributed by atoms with E-state index in [0.717, 1.165) is 22.9 Å². The van der Waals surface area contributed by atoms with E-state index in [-0.39, 0.29) is 0 Å². The third-order valence-corrected chi connectivity index (χ3v) is 4.31. The Hall–Kier alpha value is -1.69. The highest BCUT2D eigenvalue weighted by Crippen LogP contribution is 2.31. The molecule has 1 fully saturated rings. The molecule has 2 N–H and O–H groups in total. The van der Waals surface area contributed by atoms with Crippen molar-refractivity contribution in [2.45, 2.75) is 19.3 Å². The predicted octanol–water partition coefficient (Wildman–Crippen LogP) is 1.78. The lowest BCUT2D eigenvalue weighted by atomic mass is 10.1. The number of nitrogens with two attached hydrogens (primary N) is 1. The molecule has 6 heteroatoms. The van der Waals surface area contributed by atoms with Crippen LogP contribution in [0.25, 0.3) is 10.3 Å². The molecule has 0 aliphatic carbocycles. The van der Waals surface area contributed by atoms with E-state index in [2.05, 4.69) is 14.9 Å². The molecular formula is C12H14N4OS. The summed E-state index contributed by atoms with van der Waals surface area (Å²) in [4.78, 5) is 22.3. The molecule has 0 saturated carbocycles. The SMILES string of the molecule is NC(=O)c1ccnc2nc(N3CCCCC3)sc12. The van der Waals surface area contributed by atoms with Gasteiger partial charge in [-0.1, -0.05) is 11.3 Å². The fourth-order valence-corrected chi connectivity index (χ4v) is 3.33. The first-order chi connectivity index (χ1) is 8.75. The summed E-state index contributed by atoms with van der Waals surface area (Å²) < 4.78 is 0.797. The normalized spacial score (nSPS) is 16.1. The summed E-state index contributed by atoms with van der Waals surface area (Å²) in [5, 5.41) is 0.950. The highest BCUT2D eigenvalue weighted by Gasteiger charge is 2.18. The van der Waals surface area contributed by atoms with E-state index in [4.69, 9.17) is 5.73 Å². The number of primary amides is 1. The average molecular weight is 262 g/mol. The van der Waals surface area contributed by atoms with Crippen LogP contribution in [0.3, 0.4) is 0 Å². The minimum Gasteiger partial charge on any atom is -0.366 e. The van der Waals surface area contributed by atoms with Crippen LogP contribution < -0.4 is 10.6 Å². The smallest absolute Gasteiger partial charge is 0.250 e. The highest BCUT2D eigenvalue weighted by atomic mass is 32.1. The number of anilines is 1. The van der Waals surface area contributed by atoms with Crippen LogP contribution in [0.15, 0.2) is 12.3 Å². The van der Waals surface area contributed by atoms with Gasteiger partial charge in [-0.25, -0.2) is 4.98 Å². The Labute approximate surface area is 109 Å². The number of nitrogens with zero attached hydrogens (tertiary/aromatic N) is 3. The molecular weight excluding hydrogens is 248 g/mol. The Morgan fingerprint density at radius 2 is 2.11 bits per heavy atom. The van der Waals surface area contributed by atoms with Crippen LogP contribution in [-0.2, 0) is 0 Å². The number of pyridine rings is 1. The molecule has 94 valence electrons. The van der Waals surface area contributed by atoms with Gasteiger partial charge in [0.2, 0.25) is 5.91 Å². The van der Waals surface area contributed by atoms with Gasteiger partial charge in [0.15, 0.2) is 10.8 Å². The lowest BCUT2D eigenvalue weighted by Crippen LogP contribution is -2.29. The molecule has 0 spiro atoms. The van der Waals surface area contributed by atoms with Crippen LogP contribution in [0.1, 0.15) is 29.6 Å². The second-order valence-electron chi connectivity index (χ2n) is 4.42.